The van der Waals surface area contributed by atoms with Crippen molar-refractivity contribution in [3.05, 3.63) is 17.0 Å². The monoisotopic (exact) mass is 348 g/mol. The van der Waals surface area contributed by atoms with E-state index in [4.69, 9.17) is 0 Å². The van der Waals surface area contributed by atoms with E-state index >= 15 is 0 Å². The standard InChI is InChI=1S/C14H24N2O2S3/c1-3-15-9-11-8-14(20-10-11)21(17,18)16-12-4-6-13(19-2)7-5-12/h8,10,12-13,15-16H,3-7,9H2,1-2H3. The van der Waals surface area contributed by atoms with Gasteiger partial charge in [-0.25, -0.2) is 13.1 Å². The van der Waals surface area contributed by atoms with Crippen molar-refractivity contribution >= 4 is 33.1 Å². The quantitative estimate of drug-likeness (QED) is 0.795. The van der Waals surface area contributed by atoms with Gasteiger partial charge in [-0.1, -0.05) is 6.92 Å². The van der Waals surface area contributed by atoms with E-state index in [-0.39, 0.29) is 6.04 Å². The normalized spacial score (nSPS) is 23.3. The Morgan fingerprint density at radius 3 is 2.67 bits per heavy atom. The van der Waals surface area contributed by atoms with Gasteiger partial charge in [0.1, 0.15) is 4.21 Å². The largest absolute Gasteiger partial charge is 0.313 e. The summed E-state index contributed by atoms with van der Waals surface area (Å²) in [6.07, 6.45) is 6.22. The van der Waals surface area contributed by atoms with Gasteiger partial charge in [-0.2, -0.15) is 11.8 Å². The summed E-state index contributed by atoms with van der Waals surface area (Å²) in [6.45, 7) is 3.65. The zero-order valence-electron chi connectivity index (χ0n) is 12.6. The Morgan fingerprint density at radius 2 is 2.05 bits per heavy atom. The van der Waals surface area contributed by atoms with E-state index in [1.165, 1.54) is 11.3 Å². The Morgan fingerprint density at radius 1 is 1.33 bits per heavy atom. The number of thiophene rings is 1. The minimum absolute atomic E-state index is 0.0951. The number of hydrogen-bond acceptors (Lipinski definition) is 5. The zero-order chi connectivity index (χ0) is 15.3. The predicted octanol–water partition coefficient (Wildman–Crippen LogP) is 2.81. The van der Waals surface area contributed by atoms with Gasteiger partial charge in [0.25, 0.3) is 0 Å². The second kappa shape index (κ2) is 7.97. The fraction of sp³-hybridized carbons (Fsp3) is 0.714. The Bertz CT molecular complexity index is 534. The van der Waals surface area contributed by atoms with E-state index in [2.05, 4.69) is 16.3 Å². The highest BCUT2D eigenvalue weighted by atomic mass is 32.2. The van der Waals surface area contributed by atoms with Crippen LogP contribution >= 0.6 is 23.1 Å². The summed E-state index contributed by atoms with van der Waals surface area (Å²) in [5.41, 5.74) is 1.04. The SMILES string of the molecule is CCNCc1csc(S(=O)(=O)NC2CCC(SC)CC2)c1. The third kappa shape index (κ3) is 4.96. The van der Waals surface area contributed by atoms with Gasteiger partial charge in [0, 0.05) is 17.8 Å². The van der Waals surface area contributed by atoms with Gasteiger partial charge in [-0.05, 0) is 55.5 Å². The average Bonchev–Trinajstić information content (AvgIpc) is 2.95. The fourth-order valence-corrected chi connectivity index (χ4v) is 5.82. The minimum atomic E-state index is -3.35. The summed E-state index contributed by atoms with van der Waals surface area (Å²) in [5.74, 6) is 0. The summed E-state index contributed by atoms with van der Waals surface area (Å²) < 4.78 is 28.1. The first-order chi connectivity index (χ1) is 10.0. The molecule has 1 heterocycles. The van der Waals surface area contributed by atoms with Crippen LogP contribution in [0.5, 0.6) is 0 Å². The van der Waals surface area contributed by atoms with Crippen LogP contribution in [-0.2, 0) is 16.6 Å². The molecule has 1 fully saturated rings. The summed E-state index contributed by atoms with van der Waals surface area (Å²) in [5, 5.41) is 5.82. The second-order valence-corrected chi connectivity index (χ2v) is 9.38. The fourth-order valence-electron chi connectivity index (χ4n) is 2.55. The van der Waals surface area contributed by atoms with E-state index in [1.54, 1.807) is 6.07 Å². The lowest BCUT2D eigenvalue weighted by Gasteiger charge is -2.27. The van der Waals surface area contributed by atoms with E-state index in [1.807, 2.05) is 24.1 Å². The first kappa shape index (κ1) is 17.3. The molecule has 0 bridgehead atoms. The number of sulfonamides is 1. The van der Waals surface area contributed by atoms with Crippen molar-refractivity contribution in [1.82, 2.24) is 10.0 Å². The van der Waals surface area contributed by atoms with E-state index in [0.717, 1.165) is 44.3 Å². The highest BCUT2D eigenvalue weighted by Crippen LogP contribution is 2.28. The molecule has 2 rings (SSSR count). The first-order valence-corrected chi connectivity index (χ1v) is 11.0. The third-order valence-corrected chi connectivity index (χ3v) is 7.95. The van der Waals surface area contributed by atoms with Crippen LogP contribution in [0.2, 0.25) is 0 Å². The van der Waals surface area contributed by atoms with Crippen molar-refractivity contribution in [3.63, 3.8) is 0 Å². The van der Waals surface area contributed by atoms with Gasteiger partial charge in [0.15, 0.2) is 0 Å². The molecule has 21 heavy (non-hydrogen) atoms. The topological polar surface area (TPSA) is 58.2 Å². The first-order valence-electron chi connectivity index (χ1n) is 7.38. The molecule has 0 unspecified atom stereocenters. The number of rotatable bonds is 7. The van der Waals surface area contributed by atoms with E-state index in [9.17, 15) is 8.42 Å². The Kier molecular flexibility index (Phi) is 6.55. The van der Waals surface area contributed by atoms with Crippen molar-refractivity contribution < 1.29 is 8.42 Å². The molecule has 2 N–H and O–H groups in total. The zero-order valence-corrected chi connectivity index (χ0v) is 15.0. The Labute approximate surface area is 136 Å². The number of nitrogens with one attached hydrogen (secondary N) is 2. The van der Waals surface area contributed by atoms with Crippen molar-refractivity contribution in [2.75, 3.05) is 12.8 Å². The van der Waals surface area contributed by atoms with Gasteiger partial charge in [-0.15, -0.1) is 11.3 Å². The van der Waals surface area contributed by atoms with Crippen molar-refractivity contribution in [1.29, 1.82) is 0 Å². The van der Waals surface area contributed by atoms with Crippen LogP contribution < -0.4 is 10.0 Å². The molecule has 1 aliphatic carbocycles. The molecule has 120 valence electrons. The Hall–Kier alpha value is -0.0800. The predicted molar refractivity (Wildman–Crippen MR) is 91.6 cm³/mol. The van der Waals surface area contributed by atoms with Crippen molar-refractivity contribution in [2.24, 2.45) is 0 Å². The molecular weight excluding hydrogens is 324 g/mol. The summed E-state index contributed by atoms with van der Waals surface area (Å²) >= 11 is 3.20. The van der Waals surface area contributed by atoms with Crippen LogP contribution in [0.25, 0.3) is 0 Å². The van der Waals surface area contributed by atoms with Crippen LogP contribution in [0.1, 0.15) is 38.2 Å². The maximum absolute atomic E-state index is 12.4. The lowest BCUT2D eigenvalue weighted by Crippen LogP contribution is -2.37. The summed E-state index contributed by atoms with van der Waals surface area (Å²) in [4.78, 5) is 0. The molecule has 1 aliphatic rings. The molecule has 0 amide bonds. The Balaban J connectivity index is 1.94. The maximum atomic E-state index is 12.4. The molecule has 1 saturated carbocycles. The molecule has 0 aromatic carbocycles. The molecule has 1 aromatic rings. The van der Waals surface area contributed by atoms with E-state index in [0.29, 0.717) is 9.46 Å². The molecule has 0 aliphatic heterocycles. The van der Waals surface area contributed by atoms with Gasteiger partial charge in [0.05, 0.1) is 0 Å². The van der Waals surface area contributed by atoms with Gasteiger partial charge in [0.2, 0.25) is 10.0 Å². The summed E-state index contributed by atoms with van der Waals surface area (Å²) in [7, 11) is -3.35. The van der Waals surface area contributed by atoms with Crippen molar-refractivity contribution in [2.45, 2.75) is 54.7 Å². The lowest BCUT2D eigenvalue weighted by atomic mass is 9.96. The molecule has 4 nitrogen and oxygen atoms in total. The minimum Gasteiger partial charge on any atom is -0.313 e. The molecule has 0 saturated heterocycles. The number of hydrogen-bond donors (Lipinski definition) is 2. The van der Waals surface area contributed by atoms with Crippen LogP contribution in [0.3, 0.4) is 0 Å². The molecule has 0 spiro atoms. The number of thioether (sulfide) groups is 1. The van der Waals surface area contributed by atoms with Crippen molar-refractivity contribution in [3.8, 4) is 0 Å². The molecule has 1 aromatic heterocycles. The molecule has 0 radical (unpaired) electrons. The van der Waals surface area contributed by atoms with Crippen LogP contribution in [0.4, 0.5) is 0 Å². The van der Waals surface area contributed by atoms with E-state index < -0.39 is 10.0 Å². The van der Waals surface area contributed by atoms with Gasteiger partial charge < -0.3 is 5.32 Å². The van der Waals surface area contributed by atoms with Gasteiger partial charge >= 0.3 is 0 Å². The molecular formula is C14H24N2O2S3. The maximum Gasteiger partial charge on any atom is 0.250 e. The van der Waals surface area contributed by atoms with Crippen LogP contribution in [0, 0.1) is 0 Å². The van der Waals surface area contributed by atoms with Crippen LogP contribution in [-0.4, -0.2) is 32.5 Å². The van der Waals surface area contributed by atoms with Crippen LogP contribution in [0.15, 0.2) is 15.7 Å². The highest BCUT2D eigenvalue weighted by Gasteiger charge is 2.26. The van der Waals surface area contributed by atoms with Gasteiger partial charge in [-0.3, -0.25) is 0 Å². The summed E-state index contributed by atoms with van der Waals surface area (Å²) in [6, 6.07) is 1.88. The lowest BCUT2D eigenvalue weighted by molar-refractivity contribution is 0.420. The molecule has 0 atom stereocenters. The third-order valence-electron chi connectivity index (χ3n) is 3.80. The molecule has 7 heteroatoms. The second-order valence-electron chi connectivity index (χ2n) is 5.38. The smallest absolute Gasteiger partial charge is 0.250 e. The highest BCUT2D eigenvalue weighted by molar-refractivity contribution is 7.99. The average molecular weight is 349 g/mol.